The number of nitrogens with one attached hydrogen (secondary N) is 1. The van der Waals surface area contributed by atoms with Gasteiger partial charge in [-0.1, -0.05) is 18.2 Å². The van der Waals surface area contributed by atoms with Gasteiger partial charge in [0.05, 0.1) is 6.04 Å². The van der Waals surface area contributed by atoms with E-state index in [2.05, 4.69) is 5.32 Å². The number of rotatable bonds is 5. The summed E-state index contributed by atoms with van der Waals surface area (Å²) in [4.78, 5) is 23.9. The lowest BCUT2D eigenvalue weighted by molar-refractivity contribution is -0.131. The first kappa shape index (κ1) is 15.8. The van der Waals surface area contributed by atoms with Crippen LogP contribution in [0.15, 0.2) is 30.3 Å². The molecule has 1 aromatic carbocycles. The fourth-order valence-corrected chi connectivity index (χ4v) is 1.62. The number of amides is 2. The van der Waals surface area contributed by atoms with Gasteiger partial charge in [0.15, 0.2) is 0 Å². The molecule has 20 heavy (non-hydrogen) atoms. The molecule has 0 spiro atoms. The highest BCUT2D eigenvalue weighted by atomic mass is 16.4. The molecule has 0 aliphatic heterocycles. The lowest BCUT2D eigenvalue weighted by atomic mass is 10.0. The van der Waals surface area contributed by atoms with Crippen molar-refractivity contribution in [2.24, 2.45) is 0 Å². The summed E-state index contributed by atoms with van der Waals surface area (Å²) >= 11 is 0. The van der Waals surface area contributed by atoms with Crippen molar-refractivity contribution < 1.29 is 14.7 Å². The minimum absolute atomic E-state index is 0.133. The molecule has 1 unspecified atom stereocenters. The second-order valence-electron chi connectivity index (χ2n) is 4.53. The van der Waals surface area contributed by atoms with E-state index < -0.39 is 5.97 Å². The van der Waals surface area contributed by atoms with E-state index in [4.69, 9.17) is 5.11 Å². The van der Waals surface area contributed by atoms with E-state index in [1.54, 1.807) is 11.9 Å². The van der Waals surface area contributed by atoms with Crippen LogP contribution in [0.2, 0.25) is 0 Å². The van der Waals surface area contributed by atoms with Crippen molar-refractivity contribution in [2.75, 3.05) is 13.6 Å². The SMILES string of the molecule is CCN(C)C(=O)NC(C)c1cccc(C=CC(=O)O)c1. The normalized spacial score (nSPS) is 12.2. The van der Waals surface area contributed by atoms with Crippen molar-refractivity contribution >= 4 is 18.1 Å². The maximum atomic E-state index is 11.8. The summed E-state index contributed by atoms with van der Waals surface area (Å²) < 4.78 is 0. The van der Waals surface area contributed by atoms with Crippen LogP contribution in [0, 0.1) is 0 Å². The first-order valence-corrected chi connectivity index (χ1v) is 6.46. The Morgan fingerprint density at radius 3 is 2.75 bits per heavy atom. The molecule has 0 aromatic heterocycles. The molecule has 0 aliphatic rings. The maximum Gasteiger partial charge on any atom is 0.328 e. The Hall–Kier alpha value is -2.30. The number of nitrogens with zero attached hydrogens (tertiary/aromatic N) is 1. The Balaban J connectivity index is 2.78. The highest BCUT2D eigenvalue weighted by Crippen LogP contribution is 2.15. The predicted octanol–water partition coefficient (Wildman–Crippen LogP) is 2.51. The lowest BCUT2D eigenvalue weighted by Gasteiger charge is -2.20. The van der Waals surface area contributed by atoms with Gasteiger partial charge in [-0.15, -0.1) is 0 Å². The molecule has 5 nitrogen and oxygen atoms in total. The molecule has 0 saturated carbocycles. The molecule has 0 bridgehead atoms. The average Bonchev–Trinajstić information content (AvgIpc) is 2.44. The molecular formula is C15H20N2O3. The van der Waals surface area contributed by atoms with E-state index in [1.165, 1.54) is 6.08 Å². The van der Waals surface area contributed by atoms with Gasteiger partial charge in [0.2, 0.25) is 0 Å². The Morgan fingerprint density at radius 1 is 1.45 bits per heavy atom. The largest absolute Gasteiger partial charge is 0.478 e. The van der Waals surface area contributed by atoms with Crippen molar-refractivity contribution in [3.8, 4) is 0 Å². The fourth-order valence-electron chi connectivity index (χ4n) is 1.62. The summed E-state index contributed by atoms with van der Waals surface area (Å²) in [5.74, 6) is -0.985. The zero-order valence-corrected chi connectivity index (χ0v) is 12.0. The summed E-state index contributed by atoms with van der Waals surface area (Å²) in [5.41, 5.74) is 1.71. The Bertz CT molecular complexity index is 512. The fraction of sp³-hybridized carbons (Fsp3) is 0.333. The van der Waals surface area contributed by atoms with Crippen molar-refractivity contribution in [2.45, 2.75) is 19.9 Å². The van der Waals surface area contributed by atoms with E-state index in [0.29, 0.717) is 6.54 Å². The molecule has 1 aromatic rings. The van der Waals surface area contributed by atoms with Crippen molar-refractivity contribution in [3.63, 3.8) is 0 Å². The molecular weight excluding hydrogens is 256 g/mol. The second kappa shape index (κ2) is 7.33. The molecule has 1 rings (SSSR count). The lowest BCUT2D eigenvalue weighted by Crippen LogP contribution is -2.38. The van der Waals surface area contributed by atoms with E-state index in [9.17, 15) is 9.59 Å². The number of carbonyl (C=O) groups excluding carboxylic acids is 1. The van der Waals surface area contributed by atoms with Crippen molar-refractivity contribution in [1.29, 1.82) is 0 Å². The minimum Gasteiger partial charge on any atom is -0.478 e. The van der Waals surface area contributed by atoms with Gasteiger partial charge in [0, 0.05) is 19.7 Å². The van der Waals surface area contributed by atoms with Gasteiger partial charge in [-0.05, 0) is 37.1 Å². The van der Waals surface area contributed by atoms with E-state index >= 15 is 0 Å². The molecule has 108 valence electrons. The van der Waals surface area contributed by atoms with Crippen LogP contribution in [0.3, 0.4) is 0 Å². The number of hydrogen-bond donors (Lipinski definition) is 2. The number of hydrogen-bond acceptors (Lipinski definition) is 2. The summed E-state index contributed by atoms with van der Waals surface area (Å²) in [5, 5.41) is 11.5. The monoisotopic (exact) mass is 276 g/mol. The van der Waals surface area contributed by atoms with Crippen LogP contribution >= 0.6 is 0 Å². The van der Waals surface area contributed by atoms with E-state index in [-0.39, 0.29) is 12.1 Å². The molecule has 2 amide bonds. The summed E-state index contributed by atoms with van der Waals surface area (Å²) in [6.07, 6.45) is 2.62. The highest BCUT2D eigenvalue weighted by molar-refractivity contribution is 5.85. The topological polar surface area (TPSA) is 69.6 Å². The highest BCUT2D eigenvalue weighted by Gasteiger charge is 2.11. The third-order valence-corrected chi connectivity index (χ3v) is 2.99. The number of benzene rings is 1. The van der Waals surface area contributed by atoms with Crippen molar-refractivity contribution in [3.05, 3.63) is 41.5 Å². The molecule has 1 atom stereocenters. The quantitative estimate of drug-likeness (QED) is 0.812. The summed E-state index contributed by atoms with van der Waals surface area (Å²) in [6, 6.07) is 7.13. The number of urea groups is 1. The predicted molar refractivity (Wildman–Crippen MR) is 78.4 cm³/mol. The van der Waals surface area contributed by atoms with Gasteiger partial charge < -0.3 is 15.3 Å². The number of carbonyl (C=O) groups is 2. The third kappa shape index (κ3) is 4.76. The zero-order valence-electron chi connectivity index (χ0n) is 12.0. The van der Waals surface area contributed by atoms with Crippen LogP contribution in [0.25, 0.3) is 6.08 Å². The van der Waals surface area contributed by atoms with Crippen LogP contribution in [0.5, 0.6) is 0 Å². The van der Waals surface area contributed by atoms with Crippen LogP contribution in [-0.4, -0.2) is 35.6 Å². The van der Waals surface area contributed by atoms with Gasteiger partial charge in [0.25, 0.3) is 0 Å². The molecule has 0 aliphatic carbocycles. The molecule has 0 fully saturated rings. The molecule has 2 N–H and O–H groups in total. The Labute approximate surface area is 118 Å². The van der Waals surface area contributed by atoms with Crippen molar-refractivity contribution in [1.82, 2.24) is 10.2 Å². The number of aliphatic carboxylic acids is 1. The molecule has 5 heteroatoms. The Kier molecular flexibility index (Phi) is 5.77. The Morgan fingerprint density at radius 2 is 2.15 bits per heavy atom. The first-order valence-electron chi connectivity index (χ1n) is 6.46. The van der Waals surface area contributed by atoms with Crippen LogP contribution < -0.4 is 5.32 Å². The number of carboxylic acids is 1. The van der Waals surface area contributed by atoms with Gasteiger partial charge in [-0.2, -0.15) is 0 Å². The maximum absolute atomic E-state index is 11.8. The first-order chi connectivity index (χ1) is 9.43. The van der Waals surface area contributed by atoms with Crippen LogP contribution in [-0.2, 0) is 4.79 Å². The molecule has 0 radical (unpaired) electrons. The van der Waals surface area contributed by atoms with Gasteiger partial charge in [0.1, 0.15) is 0 Å². The smallest absolute Gasteiger partial charge is 0.328 e. The van der Waals surface area contributed by atoms with Gasteiger partial charge >= 0.3 is 12.0 Å². The standard InChI is InChI=1S/C15H20N2O3/c1-4-17(3)15(20)16-11(2)13-7-5-6-12(10-13)8-9-14(18)19/h5-11H,4H2,1-3H3,(H,16,20)(H,18,19). The van der Waals surface area contributed by atoms with Gasteiger partial charge in [-0.3, -0.25) is 0 Å². The average molecular weight is 276 g/mol. The zero-order chi connectivity index (χ0) is 15.1. The van der Waals surface area contributed by atoms with E-state index in [1.807, 2.05) is 38.1 Å². The van der Waals surface area contributed by atoms with E-state index in [0.717, 1.165) is 17.2 Å². The molecule has 0 heterocycles. The van der Waals surface area contributed by atoms with Crippen LogP contribution in [0.4, 0.5) is 4.79 Å². The molecule has 0 saturated heterocycles. The number of carboxylic acid groups (broad SMARTS) is 1. The van der Waals surface area contributed by atoms with Gasteiger partial charge in [-0.25, -0.2) is 9.59 Å². The second-order valence-corrected chi connectivity index (χ2v) is 4.53. The third-order valence-electron chi connectivity index (χ3n) is 2.99. The van der Waals surface area contributed by atoms with Crippen LogP contribution in [0.1, 0.15) is 31.0 Å². The summed E-state index contributed by atoms with van der Waals surface area (Å²) in [7, 11) is 1.73. The minimum atomic E-state index is -0.985. The summed E-state index contributed by atoms with van der Waals surface area (Å²) in [6.45, 7) is 4.43.